The number of aromatic nitrogens is 3. The Balaban J connectivity index is 1.47. The van der Waals surface area contributed by atoms with Crippen molar-refractivity contribution in [1.82, 2.24) is 14.6 Å². The second-order valence-electron chi connectivity index (χ2n) is 7.37. The van der Waals surface area contributed by atoms with E-state index in [4.69, 9.17) is 9.15 Å². The Labute approximate surface area is 182 Å². The maximum absolute atomic E-state index is 12.9. The van der Waals surface area contributed by atoms with Gasteiger partial charge in [-0.3, -0.25) is 4.79 Å². The first-order chi connectivity index (χ1) is 15.1. The number of ether oxygens (including phenoxy) is 1. The zero-order valence-electron chi connectivity index (χ0n) is 17.3. The molecule has 31 heavy (non-hydrogen) atoms. The van der Waals surface area contributed by atoms with Crippen LogP contribution in [-0.4, -0.2) is 21.2 Å². The summed E-state index contributed by atoms with van der Waals surface area (Å²) in [7, 11) is 0. The number of unbranched alkanes of at least 4 members (excludes halogenated alkanes) is 1. The van der Waals surface area contributed by atoms with Crippen molar-refractivity contribution in [2.75, 3.05) is 6.61 Å². The van der Waals surface area contributed by atoms with Crippen LogP contribution in [0.3, 0.4) is 0 Å². The molecule has 0 aliphatic carbocycles. The number of rotatable bonds is 6. The van der Waals surface area contributed by atoms with Crippen molar-refractivity contribution in [2.45, 2.75) is 26.7 Å². The Morgan fingerprint density at radius 2 is 1.97 bits per heavy atom. The van der Waals surface area contributed by atoms with E-state index in [2.05, 4.69) is 17.0 Å². The van der Waals surface area contributed by atoms with Gasteiger partial charge in [-0.05, 0) is 43.2 Å². The maximum atomic E-state index is 12.9. The minimum Gasteiger partial charge on any atom is -0.494 e. The van der Waals surface area contributed by atoms with Gasteiger partial charge in [0, 0.05) is 10.9 Å². The fraction of sp³-hybridized carbons (Fsp3) is 0.208. The highest BCUT2D eigenvalue weighted by Gasteiger charge is 2.18. The molecular formula is C24H21N3O3S. The number of hydrogen-bond acceptors (Lipinski definition) is 6. The molecule has 0 atom stereocenters. The van der Waals surface area contributed by atoms with Crippen molar-refractivity contribution < 1.29 is 9.15 Å². The number of aryl methyl sites for hydroxylation is 1. The van der Waals surface area contributed by atoms with Gasteiger partial charge in [-0.2, -0.15) is 9.50 Å². The van der Waals surface area contributed by atoms with Crippen LogP contribution in [0, 0.1) is 6.92 Å². The van der Waals surface area contributed by atoms with Gasteiger partial charge in [0.2, 0.25) is 10.8 Å². The molecule has 5 aromatic rings. The van der Waals surface area contributed by atoms with E-state index in [9.17, 15) is 4.79 Å². The van der Waals surface area contributed by atoms with Crippen LogP contribution in [-0.2, 0) is 0 Å². The summed E-state index contributed by atoms with van der Waals surface area (Å²) in [6, 6.07) is 15.5. The third-order valence-corrected chi connectivity index (χ3v) is 6.13. The van der Waals surface area contributed by atoms with Crippen molar-refractivity contribution >= 4 is 33.3 Å². The first kappa shape index (κ1) is 19.5. The fourth-order valence-electron chi connectivity index (χ4n) is 3.46. The van der Waals surface area contributed by atoms with Gasteiger partial charge in [0.05, 0.1) is 11.1 Å². The predicted octanol–water partition coefficient (Wildman–Crippen LogP) is 4.60. The van der Waals surface area contributed by atoms with Gasteiger partial charge in [-0.25, -0.2) is 0 Å². The molecular weight excluding hydrogens is 410 g/mol. The van der Waals surface area contributed by atoms with Crippen LogP contribution in [0.5, 0.6) is 5.75 Å². The van der Waals surface area contributed by atoms with Gasteiger partial charge < -0.3 is 9.15 Å². The number of benzene rings is 2. The monoisotopic (exact) mass is 431 g/mol. The molecule has 0 saturated heterocycles. The normalized spacial score (nSPS) is 12.3. The number of para-hydroxylation sites is 1. The average Bonchev–Trinajstić information content (AvgIpc) is 3.43. The highest BCUT2D eigenvalue weighted by Crippen LogP contribution is 2.31. The van der Waals surface area contributed by atoms with Crippen molar-refractivity contribution in [3.8, 4) is 17.3 Å². The van der Waals surface area contributed by atoms with Crippen molar-refractivity contribution in [2.24, 2.45) is 0 Å². The smallest absolute Gasteiger partial charge is 0.291 e. The van der Waals surface area contributed by atoms with Crippen molar-refractivity contribution in [3.05, 3.63) is 74.5 Å². The van der Waals surface area contributed by atoms with Gasteiger partial charge in [0.25, 0.3) is 5.56 Å². The molecule has 0 aliphatic heterocycles. The third kappa shape index (κ3) is 3.61. The summed E-state index contributed by atoms with van der Waals surface area (Å²) in [5, 5.41) is 5.45. The van der Waals surface area contributed by atoms with Crippen LogP contribution in [0.15, 0.2) is 57.7 Å². The van der Waals surface area contributed by atoms with E-state index in [1.165, 1.54) is 15.9 Å². The third-order valence-electron chi connectivity index (χ3n) is 5.17. The molecule has 0 saturated carbocycles. The summed E-state index contributed by atoms with van der Waals surface area (Å²) in [6.07, 6.45) is 3.99. The number of thiazole rings is 1. The molecule has 0 unspecified atom stereocenters. The molecule has 0 spiro atoms. The van der Waals surface area contributed by atoms with Crippen molar-refractivity contribution in [3.63, 3.8) is 0 Å². The zero-order chi connectivity index (χ0) is 21.4. The topological polar surface area (TPSA) is 69.6 Å². The summed E-state index contributed by atoms with van der Waals surface area (Å²) < 4.78 is 13.6. The number of hydrogen-bond donors (Lipinski definition) is 0. The van der Waals surface area contributed by atoms with Crippen LogP contribution >= 0.6 is 11.3 Å². The van der Waals surface area contributed by atoms with Gasteiger partial charge in [0.1, 0.15) is 11.3 Å². The van der Waals surface area contributed by atoms with Gasteiger partial charge in [-0.15, -0.1) is 5.10 Å². The minimum atomic E-state index is -0.184. The Bertz CT molecular complexity index is 1480. The number of fused-ring (bicyclic) bond motifs is 2. The van der Waals surface area contributed by atoms with E-state index in [-0.39, 0.29) is 5.56 Å². The Morgan fingerprint density at radius 1 is 1.16 bits per heavy atom. The first-order valence-electron chi connectivity index (χ1n) is 10.3. The summed E-state index contributed by atoms with van der Waals surface area (Å²) in [6.45, 7) is 4.82. The molecule has 0 amide bonds. The molecule has 0 fully saturated rings. The lowest BCUT2D eigenvalue weighted by Gasteiger charge is -2.04. The van der Waals surface area contributed by atoms with E-state index < -0.39 is 0 Å². The van der Waals surface area contributed by atoms with Crippen LogP contribution in [0.2, 0.25) is 0 Å². The lowest BCUT2D eigenvalue weighted by atomic mass is 10.1. The van der Waals surface area contributed by atoms with E-state index in [1.54, 1.807) is 0 Å². The standard InChI is InChI=1S/C24H21N3O3S/c1-3-4-13-29-17-11-9-16(10-12-17)14-20-23(28)27-24(31-20)25-22(26-27)21-15(2)18-7-5-6-8-19(18)30-21/h5-12,14H,3-4,13H2,1-2H3/b20-14+. The SMILES string of the molecule is CCCCOc1ccc(/C=c2/sc3nc(-c4oc5ccccc5c4C)nn3c2=O)cc1. The number of nitrogens with zero attached hydrogens (tertiary/aromatic N) is 3. The lowest BCUT2D eigenvalue weighted by Crippen LogP contribution is -2.23. The predicted molar refractivity (Wildman–Crippen MR) is 123 cm³/mol. The zero-order valence-corrected chi connectivity index (χ0v) is 18.1. The molecule has 156 valence electrons. The highest BCUT2D eigenvalue weighted by atomic mass is 32.1. The first-order valence-corrected chi connectivity index (χ1v) is 11.1. The van der Waals surface area contributed by atoms with Crippen molar-refractivity contribution in [1.29, 1.82) is 0 Å². The highest BCUT2D eigenvalue weighted by molar-refractivity contribution is 7.15. The average molecular weight is 432 g/mol. The van der Waals surface area contributed by atoms with Crippen LogP contribution < -0.4 is 14.8 Å². The van der Waals surface area contributed by atoms with Crippen LogP contribution in [0.4, 0.5) is 0 Å². The molecule has 0 radical (unpaired) electrons. The van der Waals surface area contributed by atoms with E-state index in [1.807, 2.05) is 61.5 Å². The van der Waals surface area contributed by atoms with Gasteiger partial charge in [-0.1, -0.05) is 55.0 Å². The molecule has 3 heterocycles. The van der Waals surface area contributed by atoms with Crippen LogP contribution in [0.25, 0.3) is 33.6 Å². The molecule has 0 bridgehead atoms. The van der Waals surface area contributed by atoms with E-state index >= 15 is 0 Å². The molecule has 2 aromatic carbocycles. The second kappa shape index (κ2) is 8.00. The maximum Gasteiger partial charge on any atom is 0.291 e. The van der Waals surface area contributed by atoms with Gasteiger partial charge in [0.15, 0.2) is 5.76 Å². The lowest BCUT2D eigenvalue weighted by molar-refractivity contribution is 0.309. The molecule has 6 nitrogen and oxygen atoms in total. The molecule has 7 heteroatoms. The van der Waals surface area contributed by atoms with E-state index in [0.29, 0.717) is 27.7 Å². The quantitative estimate of drug-likeness (QED) is 0.368. The molecule has 5 rings (SSSR count). The van der Waals surface area contributed by atoms with E-state index in [0.717, 1.165) is 40.7 Å². The largest absolute Gasteiger partial charge is 0.494 e. The van der Waals surface area contributed by atoms with Gasteiger partial charge >= 0.3 is 0 Å². The Kier molecular flexibility index (Phi) is 5.03. The minimum absolute atomic E-state index is 0.184. The van der Waals surface area contributed by atoms with Crippen LogP contribution in [0.1, 0.15) is 30.9 Å². The summed E-state index contributed by atoms with van der Waals surface area (Å²) in [5.74, 6) is 1.86. The number of furan rings is 1. The summed E-state index contributed by atoms with van der Waals surface area (Å²) >= 11 is 1.32. The Morgan fingerprint density at radius 3 is 2.71 bits per heavy atom. The molecule has 3 aromatic heterocycles. The second-order valence-corrected chi connectivity index (χ2v) is 8.38. The molecule has 0 aliphatic rings. The molecule has 0 N–H and O–H groups in total. The Hall–Kier alpha value is -3.45. The summed E-state index contributed by atoms with van der Waals surface area (Å²) in [5.41, 5.74) is 2.49. The fourth-order valence-corrected chi connectivity index (χ4v) is 4.37. The summed E-state index contributed by atoms with van der Waals surface area (Å²) in [4.78, 5) is 18.0.